The fraction of sp³-hybridized carbons (Fsp3) is 0.364. The SMILES string of the molecule is COc1ccccc1[C@H](C)NC(=O)[C@H]1CC(=O)N(c2cccc(C)c2C)C1. The standard InChI is InChI=1S/C22H26N2O3/c1-14-8-7-10-19(15(14)2)24-13-17(12-21(24)25)22(26)23-16(3)18-9-5-6-11-20(18)27-4/h5-11,16-17H,12-13H2,1-4H3,(H,23,26)/t16-,17-/m0/s1. The highest BCUT2D eigenvalue weighted by atomic mass is 16.5. The maximum Gasteiger partial charge on any atom is 0.227 e. The maximum absolute atomic E-state index is 12.8. The number of anilines is 1. The Hall–Kier alpha value is -2.82. The van der Waals surface area contributed by atoms with Gasteiger partial charge in [-0.3, -0.25) is 9.59 Å². The summed E-state index contributed by atoms with van der Waals surface area (Å²) in [6, 6.07) is 13.3. The molecule has 2 aromatic carbocycles. The minimum absolute atomic E-state index is 0.00575. The van der Waals surface area contributed by atoms with Crippen LogP contribution in [0.4, 0.5) is 5.69 Å². The zero-order valence-corrected chi connectivity index (χ0v) is 16.3. The summed E-state index contributed by atoms with van der Waals surface area (Å²) in [6.45, 7) is 6.37. The molecule has 1 aliphatic rings. The first-order valence-electron chi connectivity index (χ1n) is 9.22. The normalized spacial score (nSPS) is 17.7. The number of carbonyl (C=O) groups is 2. The molecule has 0 radical (unpaired) electrons. The van der Waals surface area contributed by atoms with Crippen molar-refractivity contribution >= 4 is 17.5 Å². The number of nitrogens with zero attached hydrogens (tertiary/aromatic N) is 1. The Morgan fingerprint density at radius 1 is 1.19 bits per heavy atom. The van der Waals surface area contributed by atoms with Crippen molar-refractivity contribution in [1.82, 2.24) is 5.32 Å². The first-order chi connectivity index (χ1) is 12.9. The number of para-hydroxylation sites is 1. The van der Waals surface area contributed by atoms with Crippen molar-refractivity contribution < 1.29 is 14.3 Å². The molecule has 0 aliphatic carbocycles. The molecule has 142 valence electrons. The molecule has 2 amide bonds. The van der Waals surface area contributed by atoms with Crippen LogP contribution in [0.1, 0.15) is 36.1 Å². The lowest BCUT2D eigenvalue weighted by Crippen LogP contribution is -2.34. The molecule has 1 heterocycles. The van der Waals surface area contributed by atoms with Gasteiger partial charge in [-0.1, -0.05) is 30.3 Å². The molecule has 27 heavy (non-hydrogen) atoms. The number of hydrogen-bond acceptors (Lipinski definition) is 3. The van der Waals surface area contributed by atoms with E-state index < -0.39 is 0 Å². The third kappa shape index (κ3) is 3.82. The van der Waals surface area contributed by atoms with E-state index in [4.69, 9.17) is 4.74 Å². The molecule has 1 saturated heterocycles. The Labute approximate surface area is 160 Å². The molecule has 0 aromatic heterocycles. The van der Waals surface area contributed by atoms with Crippen LogP contribution in [-0.4, -0.2) is 25.5 Å². The highest BCUT2D eigenvalue weighted by Gasteiger charge is 2.36. The van der Waals surface area contributed by atoms with Gasteiger partial charge in [-0.15, -0.1) is 0 Å². The number of amides is 2. The Morgan fingerprint density at radius 2 is 1.93 bits per heavy atom. The van der Waals surface area contributed by atoms with Crippen LogP contribution in [-0.2, 0) is 9.59 Å². The molecular weight excluding hydrogens is 340 g/mol. The van der Waals surface area contributed by atoms with Crippen molar-refractivity contribution in [3.8, 4) is 5.75 Å². The van der Waals surface area contributed by atoms with E-state index >= 15 is 0 Å². The second kappa shape index (κ2) is 7.82. The third-order valence-corrected chi connectivity index (χ3v) is 5.33. The summed E-state index contributed by atoms with van der Waals surface area (Å²) in [5.41, 5.74) is 4.03. The fourth-order valence-electron chi connectivity index (χ4n) is 3.58. The van der Waals surface area contributed by atoms with Gasteiger partial charge in [0.2, 0.25) is 11.8 Å². The van der Waals surface area contributed by atoms with Crippen LogP contribution in [0.2, 0.25) is 0 Å². The van der Waals surface area contributed by atoms with E-state index in [-0.39, 0.29) is 30.2 Å². The topological polar surface area (TPSA) is 58.6 Å². The summed E-state index contributed by atoms with van der Waals surface area (Å²) in [5, 5.41) is 3.03. The van der Waals surface area contributed by atoms with Gasteiger partial charge in [0.25, 0.3) is 0 Å². The van der Waals surface area contributed by atoms with Gasteiger partial charge < -0.3 is 15.0 Å². The molecule has 1 aliphatic heterocycles. The second-order valence-electron chi connectivity index (χ2n) is 7.10. The molecule has 0 unspecified atom stereocenters. The highest BCUT2D eigenvalue weighted by Crippen LogP contribution is 2.30. The van der Waals surface area contributed by atoms with Gasteiger partial charge in [-0.05, 0) is 44.0 Å². The van der Waals surface area contributed by atoms with Crippen molar-refractivity contribution in [2.24, 2.45) is 5.92 Å². The summed E-state index contributed by atoms with van der Waals surface area (Å²) < 4.78 is 5.38. The molecule has 3 rings (SSSR count). The number of hydrogen-bond donors (Lipinski definition) is 1. The van der Waals surface area contributed by atoms with Crippen molar-refractivity contribution in [2.75, 3.05) is 18.6 Å². The van der Waals surface area contributed by atoms with Crippen LogP contribution < -0.4 is 15.0 Å². The molecule has 0 bridgehead atoms. The smallest absolute Gasteiger partial charge is 0.227 e. The molecule has 2 aromatic rings. The lowest BCUT2D eigenvalue weighted by Gasteiger charge is -2.21. The van der Waals surface area contributed by atoms with Crippen LogP contribution in [0.3, 0.4) is 0 Å². The van der Waals surface area contributed by atoms with E-state index in [0.717, 1.165) is 28.1 Å². The monoisotopic (exact) mass is 366 g/mol. The summed E-state index contributed by atoms with van der Waals surface area (Å²) >= 11 is 0. The van der Waals surface area contributed by atoms with E-state index in [2.05, 4.69) is 5.32 Å². The third-order valence-electron chi connectivity index (χ3n) is 5.33. The number of benzene rings is 2. The first-order valence-corrected chi connectivity index (χ1v) is 9.22. The van der Waals surface area contributed by atoms with Crippen molar-refractivity contribution in [2.45, 2.75) is 33.2 Å². The fourth-order valence-corrected chi connectivity index (χ4v) is 3.58. The average molecular weight is 366 g/mol. The molecule has 0 saturated carbocycles. The van der Waals surface area contributed by atoms with Gasteiger partial charge in [0.05, 0.1) is 19.1 Å². The summed E-state index contributed by atoms with van der Waals surface area (Å²) in [4.78, 5) is 27.0. The van der Waals surface area contributed by atoms with E-state index in [0.29, 0.717) is 6.54 Å². The zero-order chi connectivity index (χ0) is 19.6. The van der Waals surface area contributed by atoms with Crippen LogP contribution in [0.25, 0.3) is 0 Å². The minimum atomic E-state index is -0.352. The predicted molar refractivity (Wildman–Crippen MR) is 106 cm³/mol. The van der Waals surface area contributed by atoms with E-state index in [9.17, 15) is 9.59 Å². The second-order valence-corrected chi connectivity index (χ2v) is 7.10. The van der Waals surface area contributed by atoms with Gasteiger partial charge in [-0.25, -0.2) is 0 Å². The molecular formula is C22H26N2O3. The van der Waals surface area contributed by atoms with Crippen molar-refractivity contribution in [3.05, 3.63) is 59.2 Å². The van der Waals surface area contributed by atoms with Crippen LogP contribution in [0.15, 0.2) is 42.5 Å². The molecule has 1 N–H and O–H groups in total. The van der Waals surface area contributed by atoms with E-state index in [1.807, 2.05) is 63.2 Å². The Morgan fingerprint density at radius 3 is 2.67 bits per heavy atom. The van der Waals surface area contributed by atoms with Crippen molar-refractivity contribution in [3.63, 3.8) is 0 Å². The Balaban J connectivity index is 1.71. The number of carbonyl (C=O) groups excluding carboxylic acids is 2. The Bertz CT molecular complexity index is 862. The van der Waals surface area contributed by atoms with E-state index in [1.54, 1.807) is 12.0 Å². The lowest BCUT2D eigenvalue weighted by molar-refractivity contribution is -0.126. The summed E-state index contributed by atoms with van der Waals surface area (Å²) in [6.07, 6.45) is 0.234. The molecule has 1 fully saturated rings. The number of methoxy groups -OCH3 is 1. The van der Waals surface area contributed by atoms with Crippen molar-refractivity contribution in [1.29, 1.82) is 0 Å². The summed E-state index contributed by atoms with van der Waals surface area (Å²) in [5.74, 6) is 0.280. The maximum atomic E-state index is 12.8. The predicted octanol–water partition coefficient (Wildman–Crippen LogP) is 3.54. The van der Waals surface area contributed by atoms with Gasteiger partial charge in [0.15, 0.2) is 0 Å². The number of nitrogens with one attached hydrogen (secondary N) is 1. The van der Waals surface area contributed by atoms with Crippen LogP contribution in [0, 0.1) is 19.8 Å². The summed E-state index contributed by atoms with van der Waals surface area (Å²) in [7, 11) is 1.62. The number of ether oxygens (including phenoxy) is 1. The Kier molecular flexibility index (Phi) is 5.49. The molecule has 0 spiro atoms. The minimum Gasteiger partial charge on any atom is -0.496 e. The van der Waals surface area contributed by atoms with Gasteiger partial charge in [0, 0.05) is 24.2 Å². The highest BCUT2D eigenvalue weighted by molar-refractivity contribution is 6.01. The zero-order valence-electron chi connectivity index (χ0n) is 16.3. The first kappa shape index (κ1) is 19.0. The molecule has 5 heteroatoms. The van der Waals surface area contributed by atoms with Gasteiger partial charge in [-0.2, -0.15) is 0 Å². The number of aryl methyl sites for hydroxylation is 1. The quantitative estimate of drug-likeness (QED) is 0.880. The van der Waals surface area contributed by atoms with Crippen LogP contribution >= 0.6 is 0 Å². The molecule has 2 atom stereocenters. The van der Waals surface area contributed by atoms with Gasteiger partial charge in [0.1, 0.15) is 5.75 Å². The number of rotatable bonds is 5. The van der Waals surface area contributed by atoms with Gasteiger partial charge >= 0.3 is 0 Å². The lowest BCUT2D eigenvalue weighted by atomic mass is 10.0. The largest absolute Gasteiger partial charge is 0.496 e. The average Bonchev–Trinajstić information content (AvgIpc) is 3.05. The van der Waals surface area contributed by atoms with E-state index in [1.165, 1.54) is 0 Å². The molecule has 5 nitrogen and oxygen atoms in total. The van der Waals surface area contributed by atoms with Crippen LogP contribution in [0.5, 0.6) is 5.75 Å².